The first kappa shape index (κ1) is 29.2. The van der Waals surface area contributed by atoms with Crippen molar-refractivity contribution >= 4 is 45.0 Å². The predicted octanol–water partition coefficient (Wildman–Crippen LogP) is 4.65. The monoisotopic (exact) mass is 573 g/mol. The minimum absolute atomic E-state index is 0.0791. The molecular formula is C24H40BrN3O4SSi. The molecule has 1 N–H and O–H groups in total. The zero-order valence-corrected chi connectivity index (χ0v) is 25.4. The van der Waals surface area contributed by atoms with E-state index in [0.717, 1.165) is 0 Å². The number of halogens is 1. The van der Waals surface area contributed by atoms with E-state index in [2.05, 4.69) is 54.5 Å². The Bertz CT molecular complexity index is 1190. The predicted molar refractivity (Wildman–Crippen MR) is 147 cm³/mol. The number of pyridine rings is 1. The minimum Gasteiger partial charge on any atom is -0.416 e. The lowest BCUT2D eigenvalue weighted by molar-refractivity contribution is 0.145. The van der Waals surface area contributed by atoms with Crippen LogP contribution in [-0.2, 0) is 21.0 Å². The number of hydrogen-bond acceptors (Lipinski definition) is 5. The summed E-state index contributed by atoms with van der Waals surface area (Å²) in [5, 5.41) is 0.860. The third-order valence-electron chi connectivity index (χ3n) is 6.38. The summed E-state index contributed by atoms with van der Waals surface area (Å²) in [4.78, 5) is 15.4. The molecule has 0 saturated carbocycles. The molecule has 34 heavy (non-hydrogen) atoms. The molecule has 0 fully saturated rings. The quantitative estimate of drug-likeness (QED) is 0.418. The Kier molecular flexibility index (Phi) is 9.03. The average Bonchev–Trinajstić information content (AvgIpc) is 2.67. The lowest BCUT2D eigenvalue weighted by Gasteiger charge is -2.39. The molecule has 0 atom stereocenters. The van der Waals surface area contributed by atoms with Gasteiger partial charge in [-0.15, -0.1) is 0 Å². The fourth-order valence-electron chi connectivity index (χ4n) is 3.24. The Morgan fingerprint density at radius 3 is 2.29 bits per heavy atom. The van der Waals surface area contributed by atoms with Crippen molar-refractivity contribution in [1.82, 2.24) is 14.2 Å². The van der Waals surface area contributed by atoms with E-state index in [9.17, 15) is 13.2 Å². The molecule has 0 saturated heterocycles. The molecule has 0 aliphatic rings. The van der Waals surface area contributed by atoms with Crippen LogP contribution >= 0.6 is 15.9 Å². The van der Waals surface area contributed by atoms with Gasteiger partial charge in [0.1, 0.15) is 4.90 Å². The molecule has 0 aliphatic heterocycles. The van der Waals surface area contributed by atoms with Gasteiger partial charge in [0.2, 0.25) is 10.0 Å². The molecule has 0 radical (unpaired) electrons. The molecule has 0 unspecified atom stereocenters. The highest BCUT2D eigenvalue weighted by Gasteiger charge is 2.38. The van der Waals surface area contributed by atoms with Crippen LogP contribution in [0.1, 0.15) is 34.6 Å². The highest BCUT2D eigenvalue weighted by Crippen LogP contribution is 2.38. The van der Waals surface area contributed by atoms with Gasteiger partial charge in [-0.2, -0.15) is 0 Å². The van der Waals surface area contributed by atoms with Crippen LogP contribution in [0, 0.1) is 5.41 Å². The van der Waals surface area contributed by atoms with Gasteiger partial charge in [-0.1, -0.05) is 50.5 Å². The first-order valence-corrected chi connectivity index (χ1v) is 16.7. The first-order chi connectivity index (χ1) is 15.4. The Morgan fingerprint density at radius 1 is 1.12 bits per heavy atom. The van der Waals surface area contributed by atoms with E-state index in [4.69, 9.17) is 4.43 Å². The minimum atomic E-state index is -3.83. The fourth-order valence-corrected chi connectivity index (χ4v) is 6.03. The summed E-state index contributed by atoms with van der Waals surface area (Å²) in [6.45, 7) is 16.7. The maximum atomic E-state index is 13.4. The van der Waals surface area contributed by atoms with E-state index < -0.39 is 18.3 Å². The van der Waals surface area contributed by atoms with Gasteiger partial charge in [-0.3, -0.25) is 4.79 Å². The smallest absolute Gasteiger partial charge is 0.258 e. The number of aromatic nitrogens is 1. The van der Waals surface area contributed by atoms with E-state index in [1.54, 1.807) is 18.2 Å². The van der Waals surface area contributed by atoms with Gasteiger partial charge in [0.05, 0.1) is 0 Å². The van der Waals surface area contributed by atoms with Crippen LogP contribution in [0.3, 0.4) is 0 Å². The van der Waals surface area contributed by atoms with Crippen LogP contribution in [0.4, 0.5) is 0 Å². The summed E-state index contributed by atoms with van der Waals surface area (Å²) in [5.74, 6) is 0. The topological polar surface area (TPSA) is 80.6 Å². The third-order valence-corrected chi connectivity index (χ3v) is 12.8. The van der Waals surface area contributed by atoms with Crippen molar-refractivity contribution in [2.24, 2.45) is 5.41 Å². The molecular weight excluding hydrogens is 534 g/mol. The Morgan fingerprint density at radius 2 is 1.74 bits per heavy atom. The molecule has 1 aromatic carbocycles. The molecule has 1 heterocycles. The molecule has 192 valence electrons. The summed E-state index contributed by atoms with van der Waals surface area (Å²) in [7, 11) is -2.03. The Labute approximate surface area is 214 Å². The molecule has 7 nitrogen and oxygen atoms in total. The second-order valence-corrected chi connectivity index (χ2v) is 19.0. The molecule has 0 spiro atoms. The maximum Gasteiger partial charge on any atom is 0.258 e. The molecule has 10 heteroatoms. The van der Waals surface area contributed by atoms with Gasteiger partial charge in [0, 0.05) is 53.1 Å². The van der Waals surface area contributed by atoms with E-state index in [0.29, 0.717) is 34.9 Å². The summed E-state index contributed by atoms with van der Waals surface area (Å²) >= 11 is 3.41. The number of hydrogen-bond donors (Lipinski definition) is 1. The largest absolute Gasteiger partial charge is 0.416 e. The second kappa shape index (κ2) is 10.5. The normalized spacial score (nSPS) is 13.7. The van der Waals surface area contributed by atoms with Crippen molar-refractivity contribution in [3.05, 3.63) is 39.2 Å². The van der Waals surface area contributed by atoms with Crippen molar-refractivity contribution in [2.45, 2.75) is 64.2 Å². The lowest BCUT2D eigenvalue weighted by atomic mass is 9.94. The van der Waals surface area contributed by atoms with Gasteiger partial charge in [0.25, 0.3) is 5.56 Å². The van der Waals surface area contributed by atoms with Crippen molar-refractivity contribution in [2.75, 3.05) is 33.8 Å². The van der Waals surface area contributed by atoms with E-state index in [-0.39, 0.29) is 27.5 Å². The molecule has 0 aliphatic carbocycles. The standard InChI is InChI=1S/C24H40BrN3O4SSi/c1-23(2,3)34(8,9)32-17-24(4,5)16-28-15-21(33(30,31)26-12-13-27(6)7)20-14-18(25)10-11-19(20)22(28)29/h10-11,14-15,26H,12-13,16-17H2,1-9H3. The number of fused-ring (bicyclic) bond motifs is 1. The van der Waals surface area contributed by atoms with Gasteiger partial charge >= 0.3 is 0 Å². The van der Waals surface area contributed by atoms with Crippen molar-refractivity contribution < 1.29 is 12.8 Å². The SMILES string of the molecule is CN(C)CCNS(=O)(=O)c1cn(CC(C)(C)CO[Si](C)(C)C(C)(C)C)c(=O)c2ccc(Br)cc12. The van der Waals surface area contributed by atoms with Crippen LogP contribution in [-0.4, -0.2) is 60.0 Å². The maximum absolute atomic E-state index is 13.4. The van der Waals surface area contributed by atoms with Crippen LogP contribution in [0.25, 0.3) is 10.8 Å². The highest BCUT2D eigenvalue weighted by molar-refractivity contribution is 9.10. The van der Waals surface area contributed by atoms with Gasteiger partial charge in [-0.05, 0) is 50.4 Å². The number of nitrogens with one attached hydrogen (secondary N) is 1. The number of sulfonamides is 1. The zero-order valence-electron chi connectivity index (χ0n) is 22.0. The summed E-state index contributed by atoms with van der Waals surface area (Å²) in [6, 6.07) is 5.12. The van der Waals surface area contributed by atoms with E-state index >= 15 is 0 Å². The summed E-state index contributed by atoms with van der Waals surface area (Å²) in [5.41, 5.74) is -0.586. The molecule has 2 rings (SSSR count). The van der Waals surface area contributed by atoms with Gasteiger partial charge in [-0.25, -0.2) is 13.1 Å². The molecule has 0 amide bonds. The number of likely N-dealkylation sites (N-methyl/N-ethyl adjacent to an activating group) is 1. The average molecular weight is 575 g/mol. The lowest BCUT2D eigenvalue weighted by Crippen LogP contribution is -2.44. The number of benzene rings is 1. The highest BCUT2D eigenvalue weighted by atomic mass is 79.9. The van der Waals surface area contributed by atoms with Crippen LogP contribution in [0.15, 0.2) is 38.6 Å². The zero-order chi connectivity index (χ0) is 26.1. The van der Waals surface area contributed by atoms with Gasteiger partial charge < -0.3 is 13.9 Å². The Balaban J connectivity index is 2.48. The first-order valence-electron chi connectivity index (χ1n) is 11.5. The number of rotatable bonds is 10. The fraction of sp³-hybridized carbons (Fsp3) is 0.625. The van der Waals surface area contributed by atoms with Crippen molar-refractivity contribution in [3.8, 4) is 0 Å². The van der Waals surface area contributed by atoms with Crippen molar-refractivity contribution in [3.63, 3.8) is 0 Å². The van der Waals surface area contributed by atoms with E-state index in [1.165, 1.54) is 10.8 Å². The summed E-state index contributed by atoms with van der Waals surface area (Å²) in [6.07, 6.45) is 1.48. The Hall–Kier alpha value is -1.04. The molecule has 1 aromatic heterocycles. The van der Waals surface area contributed by atoms with Crippen LogP contribution < -0.4 is 10.3 Å². The van der Waals surface area contributed by atoms with E-state index in [1.807, 2.05) is 32.8 Å². The van der Waals surface area contributed by atoms with Gasteiger partial charge in [0.15, 0.2) is 8.32 Å². The van der Waals surface area contributed by atoms with Crippen LogP contribution in [0.5, 0.6) is 0 Å². The van der Waals surface area contributed by atoms with Crippen molar-refractivity contribution in [1.29, 1.82) is 0 Å². The summed E-state index contributed by atoms with van der Waals surface area (Å²) < 4.78 is 37.8. The van der Waals surface area contributed by atoms with Crippen LogP contribution in [0.2, 0.25) is 18.1 Å². The molecule has 0 bridgehead atoms. The number of nitrogens with zero attached hydrogens (tertiary/aromatic N) is 2. The third kappa shape index (κ3) is 7.24. The second-order valence-electron chi connectivity index (χ2n) is 11.5. The molecule has 2 aromatic rings.